The topological polar surface area (TPSA) is 52.6 Å². The lowest BCUT2D eigenvalue weighted by Gasteiger charge is -2.28. The van der Waals surface area contributed by atoms with Crippen molar-refractivity contribution in [3.63, 3.8) is 0 Å². The van der Waals surface area contributed by atoms with Crippen molar-refractivity contribution in [3.8, 4) is 0 Å². The van der Waals surface area contributed by atoms with Gasteiger partial charge in [-0.05, 0) is 56.3 Å². The van der Waals surface area contributed by atoms with Crippen LogP contribution in [0.2, 0.25) is 0 Å². The third-order valence-corrected chi connectivity index (χ3v) is 6.10. The van der Waals surface area contributed by atoms with Gasteiger partial charge in [-0.25, -0.2) is 0 Å². The van der Waals surface area contributed by atoms with Crippen LogP contribution in [0.4, 0.5) is 0 Å². The average Bonchev–Trinajstić information content (AvgIpc) is 2.69. The van der Waals surface area contributed by atoms with Crippen LogP contribution in [0.15, 0.2) is 0 Å². The molecule has 2 unspecified atom stereocenters. The van der Waals surface area contributed by atoms with E-state index in [1.807, 2.05) is 0 Å². The Balaban J connectivity index is 2.20. The molecule has 0 radical (unpaired) electrons. The highest BCUT2D eigenvalue weighted by molar-refractivity contribution is 5.72. The second-order valence-corrected chi connectivity index (χ2v) is 8.36. The van der Waals surface area contributed by atoms with E-state index in [0.717, 1.165) is 64.2 Å². The van der Waals surface area contributed by atoms with E-state index in [4.69, 9.17) is 9.47 Å². The van der Waals surface area contributed by atoms with Crippen molar-refractivity contribution in [2.24, 2.45) is 23.7 Å². The molecule has 1 aliphatic rings. The van der Waals surface area contributed by atoms with Crippen molar-refractivity contribution in [3.05, 3.63) is 0 Å². The van der Waals surface area contributed by atoms with Crippen LogP contribution in [-0.2, 0) is 19.1 Å². The number of hydrogen-bond acceptors (Lipinski definition) is 4. The van der Waals surface area contributed by atoms with E-state index in [1.165, 1.54) is 0 Å². The minimum absolute atomic E-state index is 0.0204. The standard InChI is InChI=1S/C23H42O4/c1-5-9-18(7-3)15-22(24)26-16-19-11-13-20(14-12-19)17-27-23(25)21(8-4)10-6-2/h18-21H,5-17H2,1-4H3. The summed E-state index contributed by atoms with van der Waals surface area (Å²) in [6, 6.07) is 0. The normalized spacial score (nSPS) is 22.1. The van der Waals surface area contributed by atoms with E-state index in [2.05, 4.69) is 27.7 Å². The van der Waals surface area contributed by atoms with Gasteiger partial charge < -0.3 is 9.47 Å². The largest absolute Gasteiger partial charge is 0.465 e. The first-order valence-electron chi connectivity index (χ1n) is 11.4. The van der Waals surface area contributed by atoms with Crippen LogP contribution in [-0.4, -0.2) is 25.2 Å². The van der Waals surface area contributed by atoms with E-state index in [9.17, 15) is 9.59 Å². The van der Waals surface area contributed by atoms with Gasteiger partial charge in [0.05, 0.1) is 19.1 Å². The molecule has 1 fully saturated rings. The maximum atomic E-state index is 12.1. The Hall–Kier alpha value is -1.06. The highest BCUT2D eigenvalue weighted by Crippen LogP contribution is 2.30. The summed E-state index contributed by atoms with van der Waals surface area (Å²) in [4.78, 5) is 24.2. The molecule has 4 nitrogen and oxygen atoms in total. The summed E-state index contributed by atoms with van der Waals surface area (Å²) >= 11 is 0. The van der Waals surface area contributed by atoms with Gasteiger partial charge in [0, 0.05) is 6.42 Å². The predicted octanol–water partition coefficient (Wildman–Crippen LogP) is 5.92. The Morgan fingerprint density at radius 1 is 0.815 bits per heavy atom. The van der Waals surface area contributed by atoms with Crippen molar-refractivity contribution in [2.75, 3.05) is 13.2 Å². The molecule has 27 heavy (non-hydrogen) atoms. The lowest BCUT2D eigenvalue weighted by atomic mass is 9.83. The van der Waals surface area contributed by atoms with Crippen LogP contribution < -0.4 is 0 Å². The molecular formula is C23H42O4. The van der Waals surface area contributed by atoms with Gasteiger partial charge in [-0.15, -0.1) is 0 Å². The van der Waals surface area contributed by atoms with Gasteiger partial charge in [-0.1, -0.05) is 53.4 Å². The lowest BCUT2D eigenvalue weighted by Crippen LogP contribution is -2.26. The summed E-state index contributed by atoms with van der Waals surface area (Å²) in [6.07, 6.45) is 10.9. The number of hydrogen-bond donors (Lipinski definition) is 0. The van der Waals surface area contributed by atoms with E-state index in [0.29, 0.717) is 37.4 Å². The molecular weight excluding hydrogens is 340 g/mol. The number of carbonyl (C=O) groups excluding carboxylic acids is 2. The van der Waals surface area contributed by atoms with Gasteiger partial charge in [-0.3, -0.25) is 9.59 Å². The maximum Gasteiger partial charge on any atom is 0.308 e. The molecule has 0 heterocycles. The molecule has 0 N–H and O–H groups in total. The summed E-state index contributed by atoms with van der Waals surface area (Å²) < 4.78 is 11.1. The maximum absolute atomic E-state index is 12.1. The minimum Gasteiger partial charge on any atom is -0.465 e. The lowest BCUT2D eigenvalue weighted by molar-refractivity contribution is -0.151. The van der Waals surface area contributed by atoms with Gasteiger partial charge in [0.15, 0.2) is 0 Å². The second kappa shape index (κ2) is 14.0. The monoisotopic (exact) mass is 382 g/mol. The van der Waals surface area contributed by atoms with Gasteiger partial charge in [0.1, 0.15) is 0 Å². The van der Waals surface area contributed by atoms with E-state index in [1.54, 1.807) is 0 Å². The molecule has 158 valence electrons. The molecule has 0 aromatic carbocycles. The zero-order valence-electron chi connectivity index (χ0n) is 18.1. The van der Waals surface area contributed by atoms with E-state index in [-0.39, 0.29) is 17.9 Å². The molecule has 0 saturated heterocycles. The van der Waals surface area contributed by atoms with Gasteiger partial charge in [0.2, 0.25) is 0 Å². The third kappa shape index (κ3) is 9.62. The SMILES string of the molecule is CCCC(CC)CC(=O)OCC1CCC(COC(=O)C(CC)CCC)CC1. The molecule has 0 spiro atoms. The van der Waals surface area contributed by atoms with Crippen LogP contribution in [0.3, 0.4) is 0 Å². The number of carbonyl (C=O) groups is 2. The summed E-state index contributed by atoms with van der Waals surface area (Å²) in [5.41, 5.74) is 0. The van der Waals surface area contributed by atoms with Crippen molar-refractivity contribution < 1.29 is 19.1 Å². The fourth-order valence-corrected chi connectivity index (χ4v) is 4.08. The molecule has 1 rings (SSSR count). The Labute approximate surface area is 166 Å². The minimum atomic E-state index is -0.0344. The third-order valence-electron chi connectivity index (χ3n) is 6.10. The summed E-state index contributed by atoms with van der Waals surface area (Å²) in [5, 5.41) is 0. The van der Waals surface area contributed by atoms with Gasteiger partial charge in [0.25, 0.3) is 0 Å². The molecule has 0 aromatic heterocycles. The molecule has 1 aliphatic carbocycles. The second-order valence-electron chi connectivity index (χ2n) is 8.36. The smallest absolute Gasteiger partial charge is 0.308 e. The van der Waals surface area contributed by atoms with Crippen LogP contribution in [0, 0.1) is 23.7 Å². The Morgan fingerprint density at radius 2 is 1.37 bits per heavy atom. The first-order valence-corrected chi connectivity index (χ1v) is 11.4. The van der Waals surface area contributed by atoms with Gasteiger partial charge >= 0.3 is 11.9 Å². The van der Waals surface area contributed by atoms with Crippen LogP contribution in [0.1, 0.15) is 98.3 Å². The highest BCUT2D eigenvalue weighted by atomic mass is 16.5. The van der Waals surface area contributed by atoms with Crippen molar-refractivity contribution in [1.82, 2.24) is 0 Å². The zero-order valence-corrected chi connectivity index (χ0v) is 18.1. The Bertz CT molecular complexity index is 413. The summed E-state index contributed by atoms with van der Waals surface area (Å²) in [5.74, 6) is 1.41. The molecule has 2 atom stereocenters. The van der Waals surface area contributed by atoms with Crippen LogP contribution in [0.25, 0.3) is 0 Å². The molecule has 4 heteroatoms. The van der Waals surface area contributed by atoms with E-state index >= 15 is 0 Å². The quantitative estimate of drug-likeness (QED) is 0.371. The van der Waals surface area contributed by atoms with Gasteiger partial charge in [-0.2, -0.15) is 0 Å². The van der Waals surface area contributed by atoms with Crippen molar-refractivity contribution in [1.29, 1.82) is 0 Å². The van der Waals surface area contributed by atoms with Crippen molar-refractivity contribution in [2.45, 2.75) is 98.3 Å². The molecule has 0 aliphatic heterocycles. The molecule has 0 bridgehead atoms. The number of rotatable bonds is 13. The summed E-state index contributed by atoms with van der Waals surface area (Å²) in [7, 11) is 0. The fourth-order valence-electron chi connectivity index (χ4n) is 4.08. The number of ether oxygens (including phenoxy) is 2. The first-order chi connectivity index (χ1) is 13.0. The van der Waals surface area contributed by atoms with E-state index < -0.39 is 0 Å². The van der Waals surface area contributed by atoms with Crippen molar-refractivity contribution >= 4 is 11.9 Å². The molecule has 0 aromatic rings. The van der Waals surface area contributed by atoms with Crippen LogP contribution >= 0.6 is 0 Å². The highest BCUT2D eigenvalue weighted by Gasteiger charge is 2.25. The summed E-state index contributed by atoms with van der Waals surface area (Å²) in [6.45, 7) is 9.58. The zero-order chi connectivity index (χ0) is 20.1. The average molecular weight is 383 g/mol. The Morgan fingerprint density at radius 3 is 1.85 bits per heavy atom. The molecule has 1 saturated carbocycles. The Kier molecular flexibility index (Phi) is 12.4. The fraction of sp³-hybridized carbons (Fsp3) is 0.913. The predicted molar refractivity (Wildman–Crippen MR) is 109 cm³/mol. The number of esters is 2. The van der Waals surface area contributed by atoms with Crippen LogP contribution in [0.5, 0.6) is 0 Å². The molecule has 0 amide bonds. The first kappa shape index (κ1) is 24.0.